The van der Waals surface area contributed by atoms with Crippen molar-refractivity contribution in [1.82, 2.24) is 4.90 Å². The van der Waals surface area contributed by atoms with Gasteiger partial charge in [-0.15, -0.1) is 0 Å². The summed E-state index contributed by atoms with van der Waals surface area (Å²) in [6, 6.07) is 12.0. The zero-order chi connectivity index (χ0) is 18.7. The van der Waals surface area contributed by atoms with Crippen molar-refractivity contribution >= 4 is 5.91 Å². The van der Waals surface area contributed by atoms with Crippen LogP contribution in [0.25, 0.3) is 11.1 Å². The maximum atomic E-state index is 14.7. The van der Waals surface area contributed by atoms with Gasteiger partial charge in [0, 0.05) is 18.6 Å². The number of amides is 1. The van der Waals surface area contributed by atoms with Gasteiger partial charge < -0.3 is 15.4 Å². The fourth-order valence-corrected chi connectivity index (χ4v) is 3.56. The third-order valence-corrected chi connectivity index (χ3v) is 5.04. The van der Waals surface area contributed by atoms with Gasteiger partial charge in [-0.2, -0.15) is 0 Å². The molecule has 0 aromatic heterocycles. The van der Waals surface area contributed by atoms with Crippen LogP contribution in [0.3, 0.4) is 0 Å². The van der Waals surface area contributed by atoms with E-state index in [-0.39, 0.29) is 23.6 Å². The molecular formula is C21H25FN2O2. The molecule has 4 nitrogen and oxygen atoms in total. The third kappa shape index (κ3) is 3.73. The highest BCUT2D eigenvalue weighted by molar-refractivity contribution is 5.95. The number of benzene rings is 2. The lowest BCUT2D eigenvalue weighted by Gasteiger charge is -2.38. The number of carbonyl (C=O) groups is 1. The van der Waals surface area contributed by atoms with Crippen LogP contribution in [0.15, 0.2) is 42.5 Å². The minimum absolute atomic E-state index is 0.0306. The van der Waals surface area contributed by atoms with Crippen molar-refractivity contribution < 1.29 is 13.9 Å². The molecule has 2 N–H and O–H groups in total. The van der Waals surface area contributed by atoms with Crippen LogP contribution in [-0.2, 0) is 0 Å². The van der Waals surface area contributed by atoms with Gasteiger partial charge in [-0.25, -0.2) is 4.39 Å². The minimum Gasteiger partial charge on any atom is -0.497 e. The maximum absolute atomic E-state index is 14.7. The molecule has 2 unspecified atom stereocenters. The highest BCUT2D eigenvalue weighted by Crippen LogP contribution is 2.27. The molecule has 1 saturated heterocycles. The van der Waals surface area contributed by atoms with Crippen molar-refractivity contribution in [1.29, 1.82) is 0 Å². The summed E-state index contributed by atoms with van der Waals surface area (Å²) in [6.07, 6.45) is 2.85. The lowest BCUT2D eigenvalue weighted by atomic mass is 9.95. The van der Waals surface area contributed by atoms with Crippen LogP contribution >= 0.6 is 0 Å². The van der Waals surface area contributed by atoms with Crippen LogP contribution < -0.4 is 10.5 Å². The first-order chi connectivity index (χ1) is 12.5. The van der Waals surface area contributed by atoms with Gasteiger partial charge in [-0.1, -0.05) is 18.2 Å². The fourth-order valence-electron chi connectivity index (χ4n) is 3.56. The number of piperidine rings is 1. The van der Waals surface area contributed by atoms with Gasteiger partial charge in [0.25, 0.3) is 5.91 Å². The Balaban J connectivity index is 1.85. The van der Waals surface area contributed by atoms with Crippen molar-refractivity contribution in [2.24, 2.45) is 5.73 Å². The number of ether oxygens (including phenoxy) is 1. The number of hydrogen-bond donors (Lipinski definition) is 1. The van der Waals surface area contributed by atoms with Crippen molar-refractivity contribution in [2.45, 2.75) is 38.3 Å². The largest absolute Gasteiger partial charge is 0.497 e. The molecule has 5 heteroatoms. The Morgan fingerprint density at radius 2 is 1.88 bits per heavy atom. The SMILES string of the molecule is COc1ccc(-c2ccc(C(=O)N3CCCCC3C(C)N)c(F)c2)cc1. The van der Waals surface area contributed by atoms with Crippen LogP contribution in [0, 0.1) is 5.82 Å². The predicted molar refractivity (Wildman–Crippen MR) is 101 cm³/mol. The molecule has 2 atom stereocenters. The van der Waals surface area contributed by atoms with Gasteiger partial charge in [0.1, 0.15) is 11.6 Å². The fraction of sp³-hybridized carbons (Fsp3) is 0.381. The molecule has 0 aliphatic carbocycles. The molecule has 0 saturated carbocycles. The summed E-state index contributed by atoms with van der Waals surface area (Å²) < 4.78 is 19.9. The van der Waals surface area contributed by atoms with E-state index in [1.54, 1.807) is 24.1 Å². The molecule has 2 aromatic rings. The highest BCUT2D eigenvalue weighted by Gasteiger charge is 2.31. The molecule has 26 heavy (non-hydrogen) atoms. The van der Waals surface area contributed by atoms with Crippen molar-refractivity contribution in [3.05, 3.63) is 53.8 Å². The Morgan fingerprint density at radius 3 is 2.50 bits per heavy atom. The summed E-state index contributed by atoms with van der Waals surface area (Å²) in [5.41, 5.74) is 7.74. The Labute approximate surface area is 153 Å². The van der Waals surface area contributed by atoms with Gasteiger partial charge in [0.05, 0.1) is 12.7 Å². The van der Waals surface area contributed by atoms with Crippen molar-refractivity contribution in [2.75, 3.05) is 13.7 Å². The summed E-state index contributed by atoms with van der Waals surface area (Å²) in [5, 5.41) is 0. The number of nitrogens with zero attached hydrogens (tertiary/aromatic N) is 1. The van der Waals surface area contributed by atoms with Crippen molar-refractivity contribution in [3.8, 4) is 16.9 Å². The zero-order valence-corrected chi connectivity index (χ0v) is 15.2. The van der Waals surface area contributed by atoms with Gasteiger partial charge in [0.2, 0.25) is 0 Å². The van der Waals surface area contributed by atoms with E-state index in [2.05, 4.69) is 0 Å². The molecule has 1 heterocycles. The Morgan fingerprint density at radius 1 is 1.19 bits per heavy atom. The lowest BCUT2D eigenvalue weighted by molar-refractivity contribution is 0.0579. The quantitative estimate of drug-likeness (QED) is 0.905. The first-order valence-corrected chi connectivity index (χ1v) is 9.02. The molecule has 1 fully saturated rings. The molecule has 1 amide bonds. The summed E-state index contributed by atoms with van der Waals surface area (Å²) in [6.45, 7) is 2.53. The summed E-state index contributed by atoms with van der Waals surface area (Å²) >= 11 is 0. The number of nitrogens with two attached hydrogens (primary N) is 1. The molecule has 3 rings (SSSR count). The van der Waals surface area contributed by atoms with Crippen LogP contribution in [0.5, 0.6) is 5.75 Å². The highest BCUT2D eigenvalue weighted by atomic mass is 19.1. The second-order valence-corrected chi connectivity index (χ2v) is 6.84. The molecule has 2 aromatic carbocycles. The molecule has 1 aliphatic rings. The average molecular weight is 356 g/mol. The maximum Gasteiger partial charge on any atom is 0.257 e. The van der Waals surface area contributed by atoms with E-state index < -0.39 is 5.82 Å². The van der Waals surface area contributed by atoms with Crippen LogP contribution in [0.2, 0.25) is 0 Å². The Bertz CT molecular complexity index is 774. The summed E-state index contributed by atoms with van der Waals surface area (Å²) in [5.74, 6) is -0.0313. The van der Waals surface area contributed by atoms with E-state index >= 15 is 0 Å². The number of likely N-dealkylation sites (tertiary alicyclic amines) is 1. The monoisotopic (exact) mass is 356 g/mol. The number of halogens is 1. The predicted octanol–water partition coefficient (Wildman–Crippen LogP) is 3.84. The van der Waals surface area contributed by atoms with E-state index in [1.165, 1.54) is 6.07 Å². The normalized spacial score (nSPS) is 18.5. The number of carbonyl (C=O) groups excluding carboxylic acids is 1. The summed E-state index contributed by atoms with van der Waals surface area (Å²) in [7, 11) is 1.60. The molecule has 0 radical (unpaired) electrons. The standard InChI is InChI=1S/C21H25FN2O2/c1-14(23)20-5-3-4-12-24(20)21(25)18-11-8-16(13-19(18)22)15-6-9-17(26-2)10-7-15/h6-11,13-14,20H,3-5,12,23H2,1-2H3. The molecule has 138 valence electrons. The molecular weight excluding hydrogens is 331 g/mol. The topological polar surface area (TPSA) is 55.6 Å². The van der Waals surface area contributed by atoms with E-state index in [9.17, 15) is 9.18 Å². The number of methoxy groups -OCH3 is 1. The zero-order valence-electron chi connectivity index (χ0n) is 15.2. The molecule has 1 aliphatic heterocycles. The Hall–Kier alpha value is -2.40. The first kappa shape index (κ1) is 18.4. The van der Waals surface area contributed by atoms with Crippen LogP contribution in [-0.4, -0.2) is 36.5 Å². The minimum atomic E-state index is -0.502. The van der Waals surface area contributed by atoms with E-state index in [0.717, 1.165) is 36.1 Å². The average Bonchev–Trinajstić information content (AvgIpc) is 2.67. The van der Waals surface area contributed by atoms with Gasteiger partial charge in [-0.3, -0.25) is 4.79 Å². The molecule has 0 spiro atoms. The number of hydrogen-bond acceptors (Lipinski definition) is 3. The van der Waals surface area contributed by atoms with Crippen LogP contribution in [0.4, 0.5) is 4.39 Å². The number of rotatable bonds is 4. The van der Waals surface area contributed by atoms with E-state index in [0.29, 0.717) is 6.54 Å². The molecule has 0 bridgehead atoms. The van der Waals surface area contributed by atoms with Gasteiger partial charge in [0.15, 0.2) is 0 Å². The second-order valence-electron chi connectivity index (χ2n) is 6.84. The van der Waals surface area contributed by atoms with Crippen LogP contribution in [0.1, 0.15) is 36.5 Å². The second kappa shape index (κ2) is 7.87. The smallest absolute Gasteiger partial charge is 0.257 e. The van der Waals surface area contributed by atoms with Gasteiger partial charge in [-0.05, 0) is 61.6 Å². The first-order valence-electron chi connectivity index (χ1n) is 9.02. The van der Waals surface area contributed by atoms with E-state index in [4.69, 9.17) is 10.5 Å². The summed E-state index contributed by atoms with van der Waals surface area (Å²) in [4.78, 5) is 14.6. The lowest BCUT2D eigenvalue weighted by Crippen LogP contribution is -2.51. The van der Waals surface area contributed by atoms with Gasteiger partial charge >= 0.3 is 0 Å². The Kier molecular flexibility index (Phi) is 5.57. The van der Waals surface area contributed by atoms with E-state index in [1.807, 2.05) is 31.2 Å². The third-order valence-electron chi connectivity index (χ3n) is 5.04. The van der Waals surface area contributed by atoms with Crippen molar-refractivity contribution in [3.63, 3.8) is 0 Å².